The summed E-state index contributed by atoms with van der Waals surface area (Å²) in [7, 11) is 0. The van der Waals surface area contributed by atoms with Crippen molar-refractivity contribution in [1.82, 2.24) is 15.0 Å². The molecule has 4 heterocycles. The molecule has 36 heavy (non-hydrogen) atoms. The minimum atomic E-state index is -0.523. The summed E-state index contributed by atoms with van der Waals surface area (Å²) in [5, 5.41) is 14.7. The van der Waals surface area contributed by atoms with Crippen LogP contribution in [0, 0.1) is 5.92 Å². The largest absolute Gasteiger partial charge is 0.474 e. The van der Waals surface area contributed by atoms with Gasteiger partial charge in [-0.25, -0.2) is 19.7 Å². The Morgan fingerprint density at radius 1 is 1.14 bits per heavy atom. The molecule has 0 bridgehead atoms. The number of aromatic nitrogens is 3. The van der Waals surface area contributed by atoms with Gasteiger partial charge >= 0.3 is 5.97 Å². The molecule has 2 aliphatic carbocycles. The van der Waals surface area contributed by atoms with E-state index in [1.165, 1.54) is 0 Å². The molecule has 9 heteroatoms. The number of nitrogens with one attached hydrogen (secondary N) is 1. The highest BCUT2D eigenvalue weighted by Crippen LogP contribution is 2.46. The van der Waals surface area contributed by atoms with Gasteiger partial charge in [-0.1, -0.05) is 6.92 Å². The number of hydrogen-bond donors (Lipinski definition) is 3. The summed E-state index contributed by atoms with van der Waals surface area (Å²) in [6.45, 7) is 5.94. The van der Waals surface area contributed by atoms with Crippen LogP contribution in [0.2, 0.25) is 0 Å². The first kappa shape index (κ1) is 23.1. The third-order valence-electron chi connectivity index (χ3n) is 7.92. The third-order valence-corrected chi connectivity index (χ3v) is 7.92. The third kappa shape index (κ3) is 3.96. The molecule has 3 aliphatic rings. The molecule has 3 aromatic rings. The van der Waals surface area contributed by atoms with Crippen LogP contribution in [-0.4, -0.2) is 44.3 Å². The molecule has 4 N–H and O–H groups in total. The Kier molecular flexibility index (Phi) is 5.38. The van der Waals surface area contributed by atoms with Crippen molar-refractivity contribution in [2.24, 2.45) is 11.7 Å². The van der Waals surface area contributed by atoms with Crippen molar-refractivity contribution in [2.45, 2.75) is 76.2 Å². The van der Waals surface area contributed by atoms with Crippen LogP contribution >= 0.6 is 0 Å². The van der Waals surface area contributed by atoms with E-state index in [2.05, 4.69) is 22.2 Å². The van der Waals surface area contributed by atoms with Crippen molar-refractivity contribution >= 4 is 28.4 Å². The van der Waals surface area contributed by atoms with Crippen molar-refractivity contribution in [3.63, 3.8) is 0 Å². The summed E-state index contributed by atoms with van der Waals surface area (Å²) in [6.07, 6.45) is 6.37. The standard InChI is InChI=1S/C27H31N5O4/c1-13-14(2)35-26(34)18-6-7-22(32-24(13)18)31-23-10-19-20(11-29-23)25(36-17-8-16(33)9-17)30-12-21(19)27(3,28)15-4-5-15/h6-7,10-17,33H,4-5,8-9,28H2,1-3H3,(H,29,31,32)/t13-,14-,16?,17?,27?/m0/s1. The van der Waals surface area contributed by atoms with Gasteiger partial charge in [0.15, 0.2) is 0 Å². The average Bonchev–Trinajstić information content (AvgIpc) is 3.68. The molecule has 1 aliphatic heterocycles. The van der Waals surface area contributed by atoms with Crippen LogP contribution in [0.15, 0.2) is 30.6 Å². The number of ether oxygens (including phenoxy) is 2. The first-order valence-corrected chi connectivity index (χ1v) is 12.6. The van der Waals surface area contributed by atoms with Crippen LogP contribution < -0.4 is 15.8 Å². The average molecular weight is 490 g/mol. The number of fused-ring (bicyclic) bond motifs is 2. The van der Waals surface area contributed by atoms with Crippen LogP contribution in [0.1, 0.15) is 74.0 Å². The lowest BCUT2D eigenvalue weighted by Crippen LogP contribution is -2.38. The van der Waals surface area contributed by atoms with Crippen LogP contribution in [-0.2, 0) is 10.3 Å². The fourth-order valence-corrected chi connectivity index (χ4v) is 5.15. The molecule has 188 valence electrons. The van der Waals surface area contributed by atoms with Crippen LogP contribution in [0.3, 0.4) is 0 Å². The Morgan fingerprint density at radius 3 is 2.64 bits per heavy atom. The number of nitrogens with zero attached hydrogens (tertiary/aromatic N) is 3. The van der Waals surface area contributed by atoms with Crippen molar-refractivity contribution in [2.75, 3.05) is 5.32 Å². The van der Waals surface area contributed by atoms with Gasteiger partial charge in [-0.15, -0.1) is 0 Å². The molecule has 1 unspecified atom stereocenters. The lowest BCUT2D eigenvalue weighted by Gasteiger charge is -2.32. The van der Waals surface area contributed by atoms with Crippen molar-refractivity contribution < 1.29 is 19.4 Å². The molecule has 0 saturated heterocycles. The zero-order valence-electron chi connectivity index (χ0n) is 20.7. The fourth-order valence-electron chi connectivity index (χ4n) is 5.15. The van der Waals surface area contributed by atoms with Gasteiger partial charge in [0.2, 0.25) is 5.88 Å². The van der Waals surface area contributed by atoms with Gasteiger partial charge < -0.3 is 25.6 Å². The molecule has 0 radical (unpaired) electrons. The highest BCUT2D eigenvalue weighted by atomic mass is 16.5. The second-order valence-electron chi connectivity index (χ2n) is 10.7. The Morgan fingerprint density at radius 2 is 1.92 bits per heavy atom. The number of cyclic esters (lactones) is 1. The maximum absolute atomic E-state index is 12.3. The van der Waals surface area contributed by atoms with Gasteiger partial charge in [0.1, 0.15) is 23.8 Å². The quantitative estimate of drug-likeness (QED) is 0.441. The van der Waals surface area contributed by atoms with Gasteiger partial charge in [0.05, 0.1) is 22.7 Å². The highest BCUT2D eigenvalue weighted by molar-refractivity contribution is 5.93. The number of carbonyl (C=O) groups is 1. The van der Waals surface area contributed by atoms with Gasteiger partial charge in [-0.05, 0) is 61.8 Å². The number of rotatable bonds is 6. The summed E-state index contributed by atoms with van der Waals surface area (Å²) >= 11 is 0. The summed E-state index contributed by atoms with van der Waals surface area (Å²) < 4.78 is 11.5. The van der Waals surface area contributed by atoms with E-state index >= 15 is 0 Å². The first-order valence-electron chi connectivity index (χ1n) is 12.6. The number of anilines is 2. The second kappa shape index (κ2) is 8.38. The van der Waals surface area contributed by atoms with E-state index in [1.807, 2.05) is 26.1 Å². The molecular formula is C27H31N5O4. The smallest absolute Gasteiger partial charge is 0.340 e. The SMILES string of the molecule is C[C@@H]1OC(=O)c2ccc(Nc3cc4c(C(C)(N)C5CC5)cnc(OC5CC(O)C5)c4cn3)nc2[C@H]1C. The summed E-state index contributed by atoms with van der Waals surface area (Å²) in [6, 6.07) is 5.47. The molecule has 2 fully saturated rings. The van der Waals surface area contributed by atoms with E-state index in [0.29, 0.717) is 41.8 Å². The molecule has 0 amide bonds. The van der Waals surface area contributed by atoms with E-state index in [0.717, 1.165) is 34.9 Å². The maximum atomic E-state index is 12.3. The van der Waals surface area contributed by atoms with Crippen molar-refractivity contribution in [3.05, 3.63) is 47.4 Å². The second-order valence-corrected chi connectivity index (χ2v) is 10.7. The van der Waals surface area contributed by atoms with E-state index in [1.54, 1.807) is 18.3 Å². The van der Waals surface area contributed by atoms with Crippen LogP contribution in [0.25, 0.3) is 10.8 Å². The molecule has 2 saturated carbocycles. The molecular weight excluding hydrogens is 458 g/mol. The van der Waals surface area contributed by atoms with Gasteiger partial charge in [0, 0.05) is 36.7 Å². The van der Waals surface area contributed by atoms with Gasteiger partial charge in [-0.2, -0.15) is 0 Å². The monoisotopic (exact) mass is 489 g/mol. The predicted octanol–water partition coefficient (Wildman–Crippen LogP) is 3.92. The van der Waals surface area contributed by atoms with Gasteiger partial charge in [-0.3, -0.25) is 0 Å². The van der Waals surface area contributed by atoms with Crippen LogP contribution in [0.4, 0.5) is 11.6 Å². The van der Waals surface area contributed by atoms with Crippen LogP contribution in [0.5, 0.6) is 5.88 Å². The fraction of sp³-hybridized carbons (Fsp3) is 0.481. The Labute approximate surface area is 209 Å². The number of aliphatic hydroxyl groups excluding tert-OH is 1. The highest BCUT2D eigenvalue weighted by Gasteiger charge is 2.41. The molecule has 9 nitrogen and oxygen atoms in total. The topological polar surface area (TPSA) is 132 Å². The van der Waals surface area contributed by atoms with E-state index in [9.17, 15) is 9.90 Å². The first-order chi connectivity index (χ1) is 17.2. The zero-order chi connectivity index (χ0) is 25.2. The number of carbonyl (C=O) groups excluding carboxylic acids is 1. The molecule has 3 atom stereocenters. The zero-order valence-corrected chi connectivity index (χ0v) is 20.7. The van der Waals surface area contributed by atoms with E-state index < -0.39 is 5.54 Å². The molecule has 0 spiro atoms. The number of hydrogen-bond acceptors (Lipinski definition) is 9. The van der Waals surface area contributed by atoms with Crippen molar-refractivity contribution in [1.29, 1.82) is 0 Å². The minimum absolute atomic E-state index is 0.0112. The van der Waals surface area contributed by atoms with Crippen molar-refractivity contribution in [3.8, 4) is 5.88 Å². The molecule has 6 rings (SSSR count). The predicted molar refractivity (Wildman–Crippen MR) is 134 cm³/mol. The maximum Gasteiger partial charge on any atom is 0.340 e. The van der Waals surface area contributed by atoms with Gasteiger partial charge in [0.25, 0.3) is 0 Å². The number of pyridine rings is 3. The number of aliphatic hydroxyl groups is 1. The molecule has 0 aromatic carbocycles. The Balaban J connectivity index is 1.37. The minimum Gasteiger partial charge on any atom is -0.474 e. The lowest BCUT2D eigenvalue weighted by atomic mass is 9.86. The Bertz CT molecular complexity index is 1350. The summed E-state index contributed by atoms with van der Waals surface area (Å²) in [5.74, 6) is 1.77. The number of nitrogens with two attached hydrogens (primary N) is 1. The lowest BCUT2D eigenvalue weighted by molar-refractivity contribution is -0.0120. The van der Waals surface area contributed by atoms with E-state index in [4.69, 9.17) is 20.2 Å². The Hall–Kier alpha value is -3.30. The van der Waals surface area contributed by atoms with E-state index in [-0.39, 0.29) is 30.2 Å². The number of esters is 1. The summed E-state index contributed by atoms with van der Waals surface area (Å²) in [5.41, 5.74) is 8.47. The molecule has 3 aromatic heterocycles. The summed E-state index contributed by atoms with van der Waals surface area (Å²) in [4.78, 5) is 26.2. The normalized spacial score (nSPS) is 27.0.